The Bertz CT molecular complexity index is 1470. The number of ether oxygens (including phenoxy) is 2. The number of carbonyl (C=O) groups is 1. The van der Waals surface area contributed by atoms with Gasteiger partial charge in [0.2, 0.25) is 0 Å². The van der Waals surface area contributed by atoms with Crippen molar-refractivity contribution in [3.8, 4) is 0 Å². The van der Waals surface area contributed by atoms with Gasteiger partial charge in [-0.3, -0.25) is 24.6 Å². The maximum atomic E-state index is 13.8. The molecule has 3 aromatic rings. The maximum absolute atomic E-state index is 13.8. The van der Waals surface area contributed by atoms with Gasteiger partial charge in [0.05, 0.1) is 31.3 Å². The van der Waals surface area contributed by atoms with Crippen LogP contribution >= 0.6 is 0 Å². The summed E-state index contributed by atoms with van der Waals surface area (Å²) >= 11 is 0. The molecule has 2 aliphatic heterocycles. The number of esters is 1. The number of pyridine rings is 1. The van der Waals surface area contributed by atoms with E-state index in [0.29, 0.717) is 29.8 Å². The number of aromatic amines is 1. The van der Waals surface area contributed by atoms with Gasteiger partial charge in [-0.1, -0.05) is 12.1 Å². The number of aliphatic imine (C=N–C) groups is 1. The van der Waals surface area contributed by atoms with Crippen LogP contribution in [0.5, 0.6) is 0 Å². The molecule has 2 aliphatic rings. The fourth-order valence-electron chi connectivity index (χ4n) is 4.95. The second-order valence-electron chi connectivity index (χ2n) is 10.9. The molecule has 3 unspecified atom stereocenters. The van der Waals surface area contributed by atoms with Gasteiger partial charge in [-0.15, -0.1) is 0 Å². The molecule has 40 heavy (non-hydrogen) atoms. The molecule has 0 saturated carbocycles. The summed E-state index contributed by atoms with van der Waals surface area (Å²) in [7, 11) is 0. The highest BCUT2D eigenvalue weighted by Crippen LogP contribution is 2.36. The summed E-state index contributed by atoms with van der Waals surface area (Å²) in [6.45, 7) is 6.10. The first kappa shape index (κ1) is 27.8. The van der Waals surface area contributed by atoms with Crippen molar-refractivity contribution in [2.45, 2.75) is 51.1 Å². The highest BCUT2D eigenvalue weighted by molar-refractivity contribution is 5.99. The van der Waals surface area contributed by atoms with Crippen molar-refractivity contribution in [1.82, 2.24) is 20.1 Å². The van der Waals surface area contributed by atoms with Gasteiger partial charge >= 0.3 is 12.1 Å². The highest BCUT2D eigenvalue weighted by atomic mass is 19.4. The summed E-state index contributed by atoms with van der Waals surface area (Å²) in [4.78, 5) is 31.8. The lowest BCUT2D eigenvalue weighted by Crippen LogP contribution is -2.39. The molecule has 214 valence electrons. The number of nitrogens with one attached hydrogen (secondary N) is 3. The van der Waals surface area contributed by atoms with Crippen LogP contribution in [0.1, 0.15) is 44.8 Å². The Kier molecular flexibility index (Phi) is 7.44. The third-order valence-electron chi connectivity index (χ3n) is 6.74. The first-order valence-electron chi connectivity index (χ1n) is 13.0. The van der Waals surface area contributed by atoms with Crippen LogP contribution in [-0.2, 0) is 14.3 Å². The molecule has 4 heterocycles. The van der Waals surface area contributed by atoms with E-state index < -0.39 is 30.3 Å². The van der Waals surface area contributed by atoms with Crippen molar-refractivity contribution in [2.24, 2.45) is 10.9 Å². The lowest BCUT2D eigenvalue weighted by atomic mass is 9.92. The molecule has 3 N–H and O–H groups in total. The Morgan fingerprint density at radius 3 is 2.60 bits per heavy atom. The Balaban J connectivity index is 1.38. The molecule has 13 heteroatoms. The van der Waals surface area contributed by atoms with E-state index in [9.17, 15) is 22.8 Å². The molecule has 0 spiro atoms. The first-order valence-corrected chi connectivity index (χ1v) is 13.0. The number of nitrogens with zero attached hydrogens (tertiary/aromatic N) is 3. The molecule has 0 amide bonds. The summed E-state index contributed by atoms with van der Waals surface area (Å²) in [5.41, 5.74) is 0.940. The van der Waals surface area contributed by atoms with E-state index in [0.717, 1.165) is 18.7 Å². The summed E-state index contributed by atoms with van der Waals surface area (Å²) in [5.74, 6) is -0.343. The predicted molar refractivity (Wildman–Crippen MR) is 143 cm³/mol. The SMILES string of the molecule is CC(C)(C)OC(=O)CNC(c1ccc(Nc2nn(C3COCCC3C3=NC3)c3cc[nH]c(=O)c23)cc1)C(F)(F)F. The van der Waals surface area contributed by atoms with Crippen molar-refractivity contribution in [1.29, 1.82) is 0 Å². The molecule has 1 saturated heterocycles. The van der Waals surface area contributed by atoms with E-state index in [1.165, 1.54) is 24.3 Å². The zero-order valence-electron chi connectivity index (χ0n) is 22.3. The monoisotopic (exact) mass is 560 g/mol. The van der Waals surface area contributed by atoms with Gasteiger partial charge in [-0.2, -0.15) is 18.3 Å². The molecule has 1 fully saturated rings. The van der Waals surface area contributed by atoms with Crippen LogP contribution in [0.3, 0.4) is 0 Å². The molecule has 2 aromatic heterocycles. The second-order valence-corrected chi connectivity index (χ2v) is 10.9. The summed E-state index contributed by atoms with van der Waals surface area (Å²) in [6, 6.07) is 5.10. The van der Waals surface area contributed by atoms with E-state index in [4.69, 9.17) is 14.6 Å². The molecular weight excluding hydrogens is 529 g/mol. The van der Waals surface area contributed by atoms with Crippen molar-refractivity contribution < 1.29 is 27.4 Å². The molecule has 1 aromatic carbocycles. The van der Waals surface area contributed by atoms with Crippen LogP contribution in [0.4, 0.5) is 24.7 Å². The number of aromatic nitrogens is 3. The number of benzene rings is 1. The second kappa shape index (κ2) is 10.7. The van der Waals surface area contributed by atoms with E-state index >= 15 is 0 Å². The van der Waals surface area contributed by atoms with Gasteiger partial charge < -0.3 is 19.8 Å². The molecule has 3 atom stereocenters. The number of anilines is 2. The Morgan fingerprint density at radius 1 is 1.23 bits per heavy atom. The summed E-state index contributed by atoms with van der Waals surface area (Å²) in [5, 5.41) is 10.4. The van der Waals surface area contributed by atoms with Crippen molar-refractivity contribution in [2.75, 3.05) is 31.6 Å². The van der Waals surface area contributed by atoms with Crippen LogP contribution in [-0.4, -0.2) is 64.5 Å². The Labute approximate surface area is 228 Å². The predicted octanol–water partition coefficient (Wildman–Crippen LogP) is 4.04. The third kappa shape index (κ3) is 6.20. The fraction of sp³-hybridized carbons (Fsp3) is 0.481. The van der Waals surface area contributed by atoms with E-state index in [1.807, 2.05) is 0 Å². The van der Waals surface area contributed by atoms with E-state index in [1.54, 1.807) is 37.7 Å². The number of hydrogen-bond acceptors (Lipinski definition) is 8. The molecule has 10 nitrogen and oxygen atoms in total. The maximum Gasteiger partial charge on any atom is 0.407 e. The molecule has 5 rings (SSSR count). The highest BCUT2D eigenvalue weighted by Gasteiger charge is 2.41. The van der Waals surface area contributed by atoms with E-state index in [2.05, 4.69) is 20.6 Å². The van der Waals surface area contributed by atoms with Crippen LogP contribution < -0.4 is 16.2 Å². The minimum Gasteiger partial charge on any atom is -0.459 e. The van der Waals surface area contributed by atoms with Crippen LogP contribution in [0, 0.1) is 5.92 Å². The molecular formula is C27H31F3N6O4. The van der Waals surface area contributed by atoms with Crippen molar-refractivity contribution >= 4 is 34.1 Å². The number of rotatable bonds is 8. The van der Waals surface area contributed by atoms with Gasteiger partial charge in [-0.25, -0.2) is 0 Å². The number of halogens is 3. The minimum atomic E-state index is -4.65. The molecule has 0 radical (unpaired) electrons. The van der Waals surface area contributed by atoms with Crippen LogP contribution in [0.2, 0.25) is 0 Å². The Morgan fingerprint density at radius 2 is 1.95 bits per heavy atom. The number of fused-ring (bicyclic) bond motifs is 1. The first-order chi connectivity index (χ1) is 18.9. The average Bonchev–Trinajstić information content (AvgIpc) is 3.65. The lowest BCUT2D eigenvalue weighted by Gasteiger charge is -2.30. The van der Waals surface area contributed by atoms with Crippen LogP contribution in [0.15, 0.2) is 46.3 Å². The van der Waals surface area contributed by atoms with Gasteiger partial charge in [0.1, 0.15) is 17.0 Å². The third-order valence-corrected chi connectivity index (χ3v) is 6.74. The van der Waals surface area contributed by atoms with E-state index in [-0.39, 0.29) is 28.9 Å². The average molecular weight is 561 g/mol. The summed E-state index contributed by atoms with van der Waals surface area (Å²) in [6.07, 6.45) is -2.29. The lowest BCUT2D eigenvalue weighted by molar-refractivity contribution is -0.164. The number of H-pyrrole nitrogens is 1. The van der Waals surface area contributed by atoms with Gasteiger partial charge in [0, 0.05) is 30.1 Å². The van der Waals surface area contributed by atoms with Gasteiger partial charge in [0.25, 0.3) is 5.56 Å². The number of hydrogen-bond donors (Lipinski definition) is 3. The number of carbonyl (C=O) groups excluding carboxylic acids is 1. The summed E-state index contributed by atoms with van der Waals surface area (Å²) < 4.78 is 54.1. The van der Waals surface area contributed by atoms with Gasteiger partial charge in [0.15, 0.2) is 5.82 Å². The standard InChI is InChI=1S/C27H31F3N6O4/c1-26(2,3)40-21(37)13-33-23(27(28,29)30)15-4-6-16(7-5-15)34-24-22-19(8-10-31-25(22)38)36(35-24)20-14-39-11-9-17(20)18-12-32-18/h4-8,10,17,20,23,33H,9,11-14H2,1-3H3,(H,31,38)(H,34,35). The molecule has 0 bridgehead atoms. The van der Waals surface area contributed by atoms with Gasteiger partial charge in [-0.05, 0) is 51.0 Å². The number of alkyl halides is 3. The normalized spacial score (nSPS) is 20.2. The van der Waals surface area contributed by atoms with Crippen LogP contribution in [0.25, 0.3) is 10.9 Å². The Hall–Kier alpha value is -3.71. The van der Waals surface area contributed by atoms with Crippen molar-refractivity contribution in [3.05, 3.63) is 52.4 Å². The molecule has 0 aliphatic carbocycles. The fourth-order valence-corrected chi connectivity index (χ4v) is 4.95. The minimum absolute atomic E-state index is 0.0813. The zero-order chi connectivity index (χ0) is 28.7. The smallest absolute Gasteiger partial charge is 0.407 e. The topological polar surface area (TPSA) is 123 Å². The zero-order valence-corrected chi connectivity index (χ0v) is 22.3. The largest absolute Gasteiger partial charge is 0.459 e. The van der Waals surface area contributed by atoms with Crippen molar-refractivity contribution in [3.63, 3.8) is 0 Å². The quantitative estimate of drug-likeness (QED) is 0.356.